The molecule has 0 fully saturated rings. The van der Waals surface area contributed by atoms with Crippen LogP contribution in [0, 0.1) is 0 Å². The first kappa shape index (κ1) is 24.5. The molecule has 0 spiro atoms. The maximum Gasteiger partial charge on any atom is 0.416 e. The van der Waals surface area contributed by atoms with Gasteiger partial charge in [0.25, 0.3) is 0 Å². The Hall–Kier alpha value is -2.79. The Kier molecular flexibility index (Phi) is 8.28. The van der Waals surface area contributed by atoms with Gasteiger partial charge in [-0.1, -0.05) is 18.2 Å². The number of ether oxygens (including phenoxy) is 1. The molecule has 0 saturated heterocycles. The summed E-state index contributed by atoms with van der Waals surface area (Å²) in [5.74, 6) is -0.0670. The van der Waals surface area contributed by atoms with Crippen LogP contribution in [-0.2, 0) is 27.6 Å². The lowest BCUT2D eigenvalue weighted by Gasteiger charge is -2.22. The van der Waals surface area contributed by atoms with Crippen molar-refractivity contribution in [3.63, 3.8) is 0 Å². The van der Waals surface area contributed by atoms with E-state index in [4.69, 9.17) is 8.92 Å². The van der Waals surface area contributed by atoms with Crippen molar-refractivity contribution in [2.75, 3.05) is 26.8 Å². The predicted octanol–water partition coefficient (Wildman–Crippen LogP) is 3.65. The van der Waals surface area contributed by atoms with E-state index in [9.17, 15) is 26.4 Å². The fourth-order valence-corrected chi connectivity index (χ4v) is 3.57. The number of urea groups is 1. The highest BCUT2D eigenvalue weighted by Gasteiger charge is 2.32. The van der Waals surface area contributed by atoms with Gasteiger partial charge in [-0.15, -0.1) is 0 Å². The molecule has 7 nitrogen and oxygen atoms in total. The molecule has 0 radical (unpaired) electrons. The largest absolute Gasteiger partial charge is 0.416 e. The molecule has 0 bridgehead atoms. The number of amides is 2. The second-order valence-electron chi connectivity index (χ2n) is 6.46. The van der Waals surface area contributed by atoms with E-state index < -0.39 is 26.8 Å². The van der Waals surface area contributed by atoms with E-state index in [0.29, 0.717) is 31.3 Å². The standard InChI is InChI=1S/C20H23F3N2O5S/c1-3-24-19(26)25(11-12-29-2)14-15-7-9-17(10-8-15)30-31(27,28)18-6-4-5-16(13-18)20(21,22)23/h4-10,13H,3,11-12,14H2,1-2H3,(H,24,26). The van der Waals surface area contributed by atoms with E-state index in [1.165, 1.54) is 24.1 Å². The van der Waals surface area contributed by atoms with E-state index in [2.05, 4.69) is 5.32 Å². The van der Waals surface area contributed by atoms with Gasteiger partial charge in [0, 0.05) is 26.7 Å². The Morgan fingerprint density at radius 3 is 2.39 bits per heavy atom. The van der Waals surface area contributed by atoms with Crippen LogP contribution in [0.1, 0.15) is 18.1 Å². The quantitative estimate of drug-likeness (QED) is 0.578. The smallest absolute Gasteiger partial charge is 0.383 e. The van der Waals surface area contributed by atoms with Crippen LogP contribution < -0.4 is 9.50 Å². The Bertz CT molecular complexity index is 979. The number of nitrogens with zero attached hydrogens (tertiary/aromatic N) is 1. The first-order valence-corrected chi connectivity index (χ1v) is 10.7. The molecule has 170 valence electrons. The molecule has 2 aromatic rings. The van der Waals surface area contributed by atoms with E-state index in [0.717, 1.165) is 18.2 Å². The highest BCUT2D eigenvalue weighted by Crippen LogP contribution is 2.31. The van der Waals surface area contributed by atoms with Gasteiger partial charge < -0.3 is 19.1 Å². The Morgan fingerprint density at radius 1 is 1.13 bits per heavy atom. The van der Waals surface area contributed by atoms with Crippen molar-refractivity contribution in [3.05, 3.63) is 59.7 Å². The number of hydrogen-bond acceptors (Lipinski definition) is 5. The summed E-state index contributed by atoms with van der Waals surface area (Å²) in [5.41, 5.74) is -0.389. The molecule has 31 heavy (non-hydrogen) atoms. The first-order valence-electron chi connectivity index (χ1n) is 9.29. The van der Waals surface area contributed by atoms with Crippen LogP contribution in [0.15, 0.2) is 53.4 Å². The van der Waals surface area contributed by atoms with Gasteiger partial charge in [0.15, 0.2) is 0 Å². The van der Waals surface area contributed by atoms with E-state index in [-0.39, 0.29) is 18.3 Å². The van der Waals surface area contributed by atoms with Gasteiger partial charge in [-0.05, 0) is 42.8 Å². The first-order chi connectivity index (χ1) is 14.6. The summed E-state index contributed by atoms with van der Waals surface area (Å²) in [7, 11) is -2.94. The zero-order valence-electron chi connectivity index (χ0n) is 17.0. The molecule has 0 aliphatic rings. The molecule has 0 atom stereocenters. The van der Waals surface area contributed by atoms with Crippen LogP contribution in [0.5, 0.6) is 5.75 Å². The number of benzene rings is 2. The number of methoxy groups -OCH3 is 1. The van der Waals surface area contributed by atoms with Crippen LogP contribution in [0.4, 0.5) is 18.0 Å². The molecule has 1 N–H and O–H groups in total. The van der Waals surface area contributed by atoms with Crippen molar-refractivity contribution in [1.29, 1.82) is 0 Å². The average Bonchev–Trinajstić information content (AvgIpc) is 2.71. The summed E-state index contributed by atoms with van der Waals surface area (Å²) in [6.07, 6.45) is -4.67. The summed E-state index contributed by atoms with van der Waals surface area (Å²) in [6.45, 7) is 3.19. The number of halogens is 3. The summed E-state index contributed by atoms with van der Waals surface area (Å²) in [6, 6.07) is 8.91. The van der Waals surface area contributed by atoms with Crippen molar-refractivity contribution in [2.24, 2.45) is 0 Å². The van der Waals surface area contributed by atoms with Gasteiger partial charge in [-0.2, -0.15) is 21.6 Å². The van der Waals surface area contributed by atoms with Gasteiger partial charge in [0.2, 0.25) is 0 Å². The zero-order chi connectivity index (χ0) is 23.1. The predicted molar refractivity (Wildman–Crippen MR) is 107 cm³/mol. The van der Waals surface area contributed by atoms with Gasteiger partial charge in [0.1, 0.15) is 10.6 Å². The highest BCUT2D eigenvalue weighted by atomic mass is 32.2. The lowest BCUT2D eigenvalue weighted by Crippen LogP contribution is -2.41. The highest BCUT2D eigenvalue weighted by molar-refractivity contribution is 7.87. The number of alkyl halides is 3. The van der Waals surface area contributed by atoms with Crippen LogP contribution >= 0.6 is 0 Å². The van der Waals surface area contributed by atoms with Crippen molar-refractivity contribution in [3.8, 4) is 5.75 Å². The molecule has 2 rings (SSSR count). The summed E-state index contributed by atoms with van der Waals surface area (Å²) >= 11 is 0. The molecular formula is C20H23F3N2O5S. The van der Waals surface area contributed by atoms with E-state index in [1.807, 2.05) is 0 Å². The minimum atomic E-state index is -4.67. The molecule has 0 aromatic heterocycles. The molecule has 0 unspecified atom stereocenters. The normalized spacial score (nSPS) is 11.8. The second kappa shape index (κ2) is 10.5. The average molecular weight is 460 g/mol. The number of rotatable bonds is 9. The van der Waals surface area contributed by atoms with Crippen LogP contribution in [-0.4, -0.2) is 46.2 Å². The topological polar surface area (TPSA) is 84.9 Å². The lowest BCUT2D eigenvalue weighted by atomic mass is 10.2. The van der Waals surface area contributed by atoms with Gasteiger partial charge in [-0.25, -0.2) is 4.79 Å². The molecule has 2 amide bonds. The maximum atomic E-state index is 12.8. The van der Waals surface area contributed by atoms with Gasteiger partial charge in [-0.3, -0.25) is 0 Å². The summed E-state index contributed by atoms with van der Waals surface area (Å²) < 4.78 is 73.2. The third-order valence-electron chi connectivity index (χ3n) is 4.13. The second-order valence-corrected chi connectivity index (χ2v) is 8.00. The number of carbonyl (C=O) groups excluding carboxylic acids is 1. The Labute approximate surface area is 178 Å². The van der Waals surface area contributed by atoms with Crippen LogP contribution in [0.25, 0.3) is 0 Å². The van der Waals surface area contributed by atoms with Crippen molar-refractivity contribution in [1.82, 2.24) is 10.2 Å². The fourth-order valence-electron chi connectivity index (χ4n) is 2.59. The molecule has 11 heteroatoms. The minimum absolute atomic E-state index is 0.0670. The minimum Gasteiger partial charge on any atom is -0.383 e. The van der Waals surface area contributed by atoms with Crippen molar-refractivity contribution >= 4 is 16.1 Å². The monoisotopic (exact) mass is 460 g/mol. The SMILES string of the molecule is CCNC(=O)N(CCOC)Cc1ccc(OS(=O)(=O)c2cccc(C(F)(F)F)c2)cc1. The van der Waals surface area contributed by atoms with Gasteiger partial charge >= 0.3 is 22.3 Å². The van der Waals surface area contributed by atoms with Crippen molar-refractivity contribution in [2.45, 2.75) is 24.5 Å². The van der Waals surface area contributed by atoms with Crippen LogP contribution in [0.3, 0.4) is 0 Å². The molecule has 0 saturated carbocycles. The Balaban J connectivity index is 2.13. The zero-order valence-corrected chi connectivity index (χ0v) is 17.8. The molecule has 0 aliphatic heterocycles. The van der Waals surface area contributed by atoms with E-state index in [1.54, 1.807) is 19.1 Å². The number of carbonyl (C=O) groups is 1. The summed E-state index contributed by atoms with van der Waals surface area (Å²) in [4.78, 5) is 13.1. The van der Waals surface area contributed by atoms with Crippen LogP contribution in [0.2, 0.25) is 0 Å². The Morgan fingerprint density at radius 2 is 1.81 bits per heavy atom. The molecule has 0 heterocycles. The van der Waals surface area contributed by atoms with Gasteiger partial charge in [0.05, 0.1) is 12.2 Å². The lowest BCUT2D eigenvalue weighted by molar-refractivity contribution is -0.137. The maximum absolute atomic E-state index is 12.8. The third kappa shape index (κ3) is 7.14. The van der Waals surface area contributed by atoms with Crippen molar-refractivity contribution < 1.29 is 35.3 Å². The molecular weight excluding hydrogens is 437 g/mol. The molecule has 0 aliphatic carbocycles. The summed E-state index contributed by atoms with van der Waals surface area (Å²) in [5, 5.41) is 2.70. The third-order valence-corrected chi connectivity index (χ3v) is 5.38. The fraction of sp³-hybridized carbons (Fsp3) is 0.350. The molecule has 2 aromatic carbocycles. The number of nitrogens with one attached hydrogen (secondary N) is 1. The van der Waals surface area contributed by atoms with E-state index >= 15 is 0 Å². The number of hydrogen-bond donors (Lipinski definition) is 1.